The van der Waals surface area contributed by atoms with Gasteiger partial charge >= 0.3 is 0 Å². The highest BCUT2D eigenvalue weighted by Gasteiger charge is 2.28. The molecule has 0 atom stereocenters. The van der Waals surface area contributed by atoms with Gasteiger partial charge in [-0.25, -0.2) is 8.42 Å². The lowest BCUT2D eigenvalue weighted by molar-refractivity contribution is 0.155. The van der Waals surface area contributed by atoms with Crippen molar-refractivity contribution in [1.82, 2.24) is 4.90 Å². The number of nitrogens with zero attached hydrogens (tertiary/aromatic N) is 1. The van der Waals surface area contributed by atoms with Gasteiger partial charge in [-0.05, 0) is 20.8 Å². The average molecular weight is 330 g/mol. The van der Waals surface area contributed by atoms with Crippen molar-refractivity contribution in [3.05, 3.63) is 0 Å². The largest absolute Gasteiger partial charge is 0.383 e. The molecule has 17 heavy (non-hydrogen) atoms. The summed E-state index contributed by atoms with van der Waals surface area (Å²) in [7, 11) is -1.38. The minimum absolute atomic E-state index is 0.202. The summed E-state index contributed by atoms with van der Waals surface area (Å²) >= 11 is 3.37. The summed E-state index contributed by atoms with van der Waals surface area (Å²) in [5.74, 6) is 0.202. The molecule has 0 saturated heterocycles. The summed E-state index contributed by atoms with van der Waals surface area (Å²) in [6.45, 7) is 8.02. The second-order valence-electron chi connectivity index (χ2n) is 4.95. The zero-order valence-electron chi connectivity index (χ0n) is 11.2. The molecule has 0 spiro atoms. The van der Waals surface area contributed by atoms with Gasteiger partial charge in [0, 0.05) is 32.1 Å². The lowest BCUT2D eigenvalue weighted by Gasteiger charge is -2.24. The van der Waals surface area contributed by atoms with Crippen molar-refractivity contribution >= 4 is 25.8 Å². The lowest BCUT2D eigenvalue weighted by atomic mass is 10.3. The van der Waals surface area contributed by atoms with Crippen LogP contribution in [0.4, 0.5) is 0 Å². The van der Waals surface area contributed by atoms with Gasteiger partial charge in [-0.15, -0.1) is 0 Å². The standard InChI is InChI=1S/C11H24BrNO3S/c1-11(2,3)17(14,15)10-8-13(6-5-12)7-9-16-4/h5-10H2,1-4H3. The van der Waals surface area contributed by atoms with E-state index in [1.165, 1.54) is 0 Å². The molecule has 0 unspecified atom stereocenters. The van der Waals surface area contributed by atoms with Gasteiger partial charge in [-0.3, -0.25) is 4.90 Å². The summed E-state index contributed by atoms with van der Waals surface area (Å²) in [5.41, 5.74) is 0. The molecule has 0 heterocycles. The molecule has 0 aromatic rings. The van der Waals surface area contributed by atoms with Crippen LogP contribution in [0.15, 0.2) is 0 Å². The van der Waals surface area contributed by atoms with E-state index < -0.39 is 14.6 Å². The quantitative estimate of drug-likeness (QED) is 0.634. The van der Waals surface area contributed by atoms with E-state index >= 15 is 0 Å². The number of hydrogen-bond acceptors (Lipinski definition) is 4. The first-order valence-electron chi connectivity index (χ1n) is 5.74. The van der Waals surface area contributed by atoms with Gasteiger partial charge in [0.15, 0.2) is 9.84 Å². The topological polar surface area (TPSA) is 46.6 Å². The van der Waals surface area contributed by atoms with E-state index in [1.54, 1.807) is 27.9 Å². The molecule has 6 heteroatoms. The van der Waals surface area contributed by atoms with Crippen LogP contribution in [-0.2, 0) is 14.6 Å². The molecular formula is C11H24BrNO3S. The van der Waals surface area contributed by atoms with Crippen molar-refractivity contribution in [2.24, 2.45) is 0 Å². The van der Waals surface area contributed by atoms with Gasteiger partial charge in [0.05, 0.1) is 17.1 Å². The monoisotopic (exact) mass is 329 g/mol. The molecule has 104 valence electrons. The Balaban J connectivity index is 4.30. The Kier molecular flexibility index (Phi) is 7.87. The number of halogens is 1. The smallest absolute Gasteiger partial charge is 0.156 e. The van der Waals surface area contributed by atoms with Crippen molar-refractivity contribution in [2.45, 2.75) is 25.5 Å². The van der Waals surface area contributed by atoms with Crippen LogP contribution < -0.4 is 0 Å². The molecule has 0 radical (unpaired) electrons. The van der Waals surface area contributed by atoms with Crippen LogP contribution in [-0.4, -0.2) is 62.5 Å². The van der Waals surface area contributed by atoms with Crippen molar-refractivity contribution in [2.75, 3.05) is 44.4 Å². The predicted molar refractivity (Wildman–Crippen MR) is 75.6 cm³/mol. The molecule has 0 aliphatic carbocycles. The van der Waals surface area contributed by atoms with Gasteiger partial charge in [-0.2, -0.15) is 0 Å². The summed E-state index contributed by atoms with van der Waals surface area (Å²) in [4.78, 5) is 2.10. The average Bonchev–Trinajstić information content (AvgIpc) is 2.20. The zero-order valence-corrected chi connectivity index (χ0v) is 13.6. The fourth-order valence-corrected chi connectivity index (χ4v) is 2.84. The van der Waals surface area contributed by atoms with E-state index in [0.717, 1.165) is 18.4 Å². The number of methoxy groups -OCH3 is 1. The van der Waals surface area contributed by atoms with E-state index in [0.29, 0.717) is 13.2 Å². The van der Waals surface area contributed by atoms with Crippen LogP contribution in [0.3, 0.4) is 0 Å². The molecular weight excluding hydrogens is 306 g/mol. The fourth-order valence-electron chi connectivity index (χ4n) is 1.23. The summed E-state index contributed by atoms with van der Waals surface area (Å²) < 4.78 is 28.3. The molecule has 0 amide bonds. The van der Waals surface area contributed by atoms with Crippen LogP contribution in [0.25, 0.3) is 0 Å². The first-order valence-corrected chi connectivity index (χ1v) is 8.51. The Morgan fingerprint density at radius 1 is 1.18 bits per heavy atom. The molecule has 0 rings (SSSR count). The third kappa shape index (κ3) is 6.74. The molecule has 0 fully saturated rings. The highest BCUT2D eigenvalue weighted by Crippen LogP contribution is 2.15. The summed E-state index contributed by atoms with van der Waals surface area (Å²) in [5, 5.41) is 0.840. The predicted octanol–water partition coefficient (Wildman–Crippen LogP) is 1.54. The maximum Gasteiger partial charge on any atom is 0.156 e. The Labute approximate surface area is 114 Å². The lowest BCUT2D eigenvalue weighted by Crippen LogP contribution is -2.38. The third-order valence-corrected chi connectivity index (χ3v) is 5.56. The molecule has 0 aromatic heterocycles. The third-order valence-electron chi connectivity index (χ3n) is 2.62. The van der Waals surface area contributed by atoms with Crippen LogP contribution in [0.2, 0.25) is 0 Å². The van der Waals surface area contributed by atoms with E-state index in [4.69, 9.17) is 4.74 Å². The fraction of sp³-hybridized carbons (Fsp3) is 1.00. The van der Waals surface area contributed by atoms with Crippen molar-refractivity contribution in [1.29, 1.82) is 0 Å². The number of rotatable bonds is 8. The van der Waals surface area contributed by atoms with Crippen LogP contribution in [0.1, 0.15) is 20.8 Å². The van der Waals surface area contributed by atoms with Crippen LogP contribution >= 0.6 is 15.9 Å². The van der Waals surface area contributed by atoms with E-state index in [-0.39, 0.29) is 5.75 Å². The highest BCUT2D eigenvalue weighted by molar-refractivity contribution is 9.09. The Morgan fingerprint density at radius 3 is 2.18 bits per heavy atom. The van der Waals surface area contributed by atoms with Crippen LogP contribution in [0, 0.1) is 0 Å². The van der Waals surface area contributed by atoms with E-state index in [1.807, 2.05) is 0 Å². The summed E-state index contributed by atoms with van der Waals surface area (Å²) in [6, 6.07) is 0. The molecule has 0 bridgehead atoms. The van der Waals surface area contributed by atoms with Gasteiger partial charge < -0.3 is 4.74 Å². The first kappa shape index (κ1) is 17.4. The van der Waals surface area contributed by atoms with E-state index in [2.05, 4.69) is 20.8 Å². The number of hydrogen-bond donors (Lipinski definition) is 0. The SMILES string of the molecule is COCCN(CCBr)CCS(=O)(=O)C(C)(C)C. The van der Waals surface area contributed by atoms with Gasteiger partial charge in [0.1, 0.15) is 0 Å². The number of alkyl halides is 1. The Morgan fingerprint density at radius 2 is 1.76 bits per heavy atom. The number of sulfone groups is 1. The Hall–Kier alpha value is 0.350. The molecule has 4 nitrogen and oxygen atoms in total. The van der Waals surface area contributed by atoms with Crippen LogP contribution in [0.5, 0.6) is 0 Å². The highest BCUT2D eigenvalue weighted by atomic mass is 79.9. The Bertz CT molecular complexity index is 298. The molecule has 0 aliphatic heterocycles. The normalized spacial score (nSPS) is 13.3. The van der Waals surface area contributed by atoms with Crippen molar-refractivity contribution in [3.63, 3.8) is 0 Å². The first-order chi connectivity index (χ1) is 7.74. The number of ether oxygens (including phenoxy) is 1. The van der Waals surface area contributed by atoms with Gasteiger partial charge in [0.2, 0.25) is 0 Å². The molecule has 0 saturated carbocycles. The van der Waals surface area contributed by atoms with Gasteiger partial charge in [-0.1, -0.05) is 15.9 Å². The maximum atomic E-state index is 12.0. The molecule has 0 aromatic carbocycles. The minimum Gasteiger partial charge on any atom is -0.383 e. The summed E-state index contributed by atoms with van der Waals surface area (Å²) in [6.07, 6.45) is 0. The molecule has 0 N–H and O–H groups in total. The molecule has 0 aliphatic rings. The van der Waals surface area contributed by atoms with Crippen molar-refractivity contribution in [3.8, 4) is 0 Å². The second-order valence-corrected chi connectivity index (χ2v) is 8.61. The van der Waals surface area contributed by atoms with Crippen molar-refractivity contribution < 1.29 is 13.2 Å². The van der Waals surface area contributed by atoms with E-state index in [9.17, 15) is 8.42 Å². The minimum atomic E-state index is -3.03. The van der Waals surface area contributed by atoms with Gasteiger partial charge in [0.25, 0.3) is 0 Å². The zero-order chi connectivity index (χ0) is 13.5. The second kappa shape index (κ2) is 7.71. The maximum absolute atomic E-state index is 12.0.